The number of benzene rings is 1. The minimum absolute atomic E-state index is 0.235. The standard InChI is InChI=1S/C24H33ClO4S/c1-2-3-9-12-20-21-17-19(13-14-22(21)29-24(27)23(20)25)30-16-11-8-6-4-5-7-10-15-28-18-26/h13-14,17-18H,2-12,15-16H2,1H3. The van der Waals surface area contributed by atoms with E-state index in [9.17, 15) is 9.59 Å². The third-order valence-electron chi connectivity index (χ3n) is 5.20. The first kappa shape index (κ1) is 24.8. The van der Waals surface area contributed by atoms with E-state index < -0.39 is 5.63 Å². The molecule has 0 aliphatic rings. The van der Waals surface area contributed by atoms with Crippen molar-refractivity contribution in [1.29, 1.82) is 0 Å². The van der Waals surface area contributed by atoms with Crippen LogP contribution in [0.1, 0.15) is 76.7 Å². The van der Waals surface area contributed by atoms with Gasteiger partial charge >= 0.3 is 5.63 Å². The highest BCUT2D eigenvalue weighted by Gasteiger charge is 2.13. The summed E-state index contributed by atoms with van der Waals surface area (Å²) in [6, 6.07) is 6.05. The number of hydrogen-bond acceptors (Lipinski definition) is 5. The molecule has 0 aliphatic carbocycles. The molecule has 0 amide bonds. The van der Waals surface area contributed by atoms with Crippen LogP contribution in [0.4, 0.5) is 0 Å². The maximum absolute atomic E-state index is 12.0. The second-order valence-electron chi connectivity index (χ2n) is 7.59. The number of hydrogen-bond donors (Lipinski definition) is 0. The smallest absolute Gasteiger partial charge is 0.355 e. The lowest BCUT2D eigenvalue weighted by Gasteiger charge is -2.09. The van der Waals surface area contributed by atoms with Crippen molar-refractivity contribution in [2.24, 2.45) is 0 Å². The lowest BCUT2D eigenvalue weighted by Crippen LogP contribution is -2.04. The highest BCUT2D eigenvalue weighted by atomic mass is 35.5. The molecule has 0 radical (unpaired) electrons. The predicted molar refractivity (Wildman–Crippen MR) is 126 cm³/mol. The molecule has 0 atom stereocenters. The van der Waals surface area contributed by atoms with Gasteiger partial charge in [-0.15, -0.1) is 11.8 Å². The number of unbranched alkanes of at least 4 members (excludes halogenated alkanes) is 8. The topological polar surface area (TPSA) is 56.5 Å². The molecule has 1 heterocycles. The van der Waals surface area contributed by atoms with Crippen molar-refractivity contribution in [1.82, 2.24) is 0 Å². The average molecular weight is 453 g/mol. The van der Waals surface area contributed by atoms with Gasteiger partial charge in [-0.1, -0.05) is 63.5 Å². The Morgan fingerprint density at radius 1 is 1.03 bits per heavy atom. The van der Waals surface area contributed by atoms with E-state index in [2.05, 4.69) is 13.0 Å². The summed E-state index contributed by atoms with van der Waals surface area (Å²) in [5.41, 5.74) is 1.11. The lowest BCUT2D eigenvalue weighted by molar-refractivity contribution is -0.128. The number of carbonyl (C=O) groups excluding carboxylic acids is 1. The van der Waals surface area contributed by atoms with Gasteiger partial charge in [0.25, 0.3) is 6.47 Å². The van der Waals surface area contributed by atoms with Gasteiger partial charge in [0.1, 0.15) is 10.6 Å². The van der Waals surface area contributed by atoms with E-state index in [1.165, 1.54) is 37.0 Å². The molecule has 6 heteroatoms. The van der Waals surface area contributed by atoms with E-state index in [1.54, 1.807) is 0 Å². The van der Waals surface area contributed by atoms with Gasteiger partial charge in [-0.2, -0.15) is 0 Å². The Labute approximate surface area is 188 Å². The molecule has 0 N–H and O–H groups in total. The van der Waals surface area contributed by atoms with Crippen LogP contribution < -0.4 is 5.63 Å². The average Bonchev–Trinajstić information content (AvgIpc) is 2.75. The van der Waals surface area contributed by atoms with Gasteiger partial charge in [0.2, 0.25) is 0 Å². The summed E-state index contributed by atoms with van der Waals surface area (Å²) in [6.07, 6.45) is 12.3. The monoisotopic (exact) mass is 452 g/mol. The molecular weight excluding hydrogens is 420 g/mol. The van der Waals surface area contributed by atoms with Crippen LogP contribution >= 0.6 is 23.4 Å². The third-order valence-corrected chi connectivity index (χ3v) is 6.66. The maximum Gasteiger partial charge on any atom is 0.355 e. The number of halogens is 1. The zero-order chi connectivity index (χ0) is 21.6. The Kier molecular flexibility index (Phi) is 12.0. The van der Waals surface area contributed by atoms with E-state index in [0.717, 1.165) is 55.2 Å². The fourth-order valence-corrected chi connectivity index (χ4v) is 4.70. The van der Waals surface area contributed by atoms with Crippen molar-refractivity contribution < 1.29 is 13.9 Å². The Morgan fingerprint density at radius 3 is 2.50 bits per heavy atom. The molecule has 166 valence electrons. The highest BCUT2D eigenvalue weighted by molar-refractivity contribution is 7.99. The van der Waals surface area contributed by atoms with Crippen LogP contribution in [-0.2, 0) is 16.0 Å². The minimum Gasteiger partial charge on any atom is -0.468 e. The van der Waals surface area contributed by atoms with Crippen LogP contribution in [-0.4, -0.2) is 18.8 Å². The van der Waals surface area contributed by atoms with Crippen molar-refractivity contribution >= 4 is 40.8 Å². The van der Waals surface area contributed by atoms with Gasteiger partial charge in [0, 0.05) is 10.3 Å². The molecule has 30 heavy (non-hydrogen) atoms. The van der Waals surface area contributed by atoms with Crippen molar-refractivity contribution in [3.63, 3.8) is 0 Å². The molecular formula is C24H33ClO4S. The first-order valence-electron chi connectivity index (χ1n) is 11.1. The zero-order valence-corrected chi connectivity index (χ0v) is 19.5. The quantitative estimate of drug-likeness (QED) is 0.117. The summed E-state index contributed by atoms with van der Waals surface area (Å²) in [5, 5.41) is 1.21. The normalized spacial score (nSPS) is 11.1. The van der Waals surface area contributed by atoms with E-state index >= 15 is 0 Å². The molecule has 1 aromatic carbocycles. The van der Waals surface area contributed by atoms with Crippen LogP contribution in [0.15, 0.2) is 32.3 Å². The Bertz CT molecular complexity index is 834. The second kappa shape index (κ2) is 14.5. The molecule has 0 saturated heterocycles. The molecule has 0 aliphatic heterocycles. The molecule has 1 aromatic heterocycles. The van der Waals surface area contributed by atoms with Gasteiger partial charge in [-0.05, 0) is 55.2 Å². The molecule has 2 aromatic rings. The zero-order valence-electron chi connectivity index (χ0n) is 17.9. The summed E-state index contributed by atoms with van der Waals surface area (Å²) in [4.78, 5) is 23.3. The summed E-state index contributed by atoms with van der Waals surface area (Å²) >= 11 is 8.14. The summed E-state index contributed by atoms with van der Waals surface area (Å²) < 4.78 is 10.1. The molecule has 0 unspecified atom stereocenters. The summed E-state index contributed by atoms with van der Waals surface area (Å²) in [6.45, 7) is 3.23. The first-order chi connectivity index (χ1) is 14.7. The number of carbonyl (C=O) groups is 1. The fourth-order valence-electron chi connectivity index (χ4n) is 3.52. The van der Waals surface area contributed by atoms with E-state index in [-0.39, 0.29) is 5.02 Å². The van der Waals surface area contributed by atoms with Crippen LogP contribution in [0.2, 0.25) is 5.02 Å². The molecule has 0 bridgehead atoms. The predicted octanol–water partition coefficient (Wildman–Crippen LogP) is 7.17. The molecule has 0 spiro atoms. The van der Waals surface area contributed by atoms with Gasteiger partial charge in [0.15, 0.2) is 0 Å². The van der Waals surface area contributed by atoms with Crippen molar-refractivity contribution in [2.75, 3.05) is 12.4 Å². The number of thioether (sulfide) groups is 1. The van der Waals surface area contributed by atoms with Crippen LogP contribution in [0.3, 0.4) is 0 Å². The Morgan fingerprint density at radius 2 is 1.77 bits per heavy atom. The van der Waals surface area contributed by atoms with E-state index in [0.29, 0.717) is 18.7 Å². The fraction of sp³-hybridized carbons (Fsp3) is 0.583. The molecule has 2 rings (SSSR count). The van der Waals surface area contributed by atoms with Gasteiger partial charge in [0.05, 0.1) is 6.61 Å². The Hall–Kier alpha value is -1.46. The van der Waals surface area contributed by atoms with Gasteiger partial charge in [-0.3, -0.25) is 4.79 Å². The van der Waals surface area contributed by atoms with Crippen LogP contribution in [0, 0.1) is 0 Å². The first-order valence-corrected chi connectivity index (χ1v) is 12.5. The lowest BCUT2D eigenvalue weighted by atomic mass is 10.0. The maximum atomic E-state index is 12.0. The van der Waals surface area contributed by atoms with Crippen molar-refractivity contribution in [3.05, 3.63) is 39.2 Å². The van der Waals surface area contributed by atoms with Gasteiger partial charge < -0.3 is 9.15 Å². The number of ether oxygens (including phenoxy) is 1. The van der Waals surface area contributed by atoms with Crippen molar-refractivity contribution in [2.45, 2.75) is 82.4 Å². The second-order valence-corrected chi connectivity index (χ2v) is 9.13. The summed E-state index contributed by atoms with van der Waals surface area (Å²) in [7, 11) is 0. The number of rotatable bonds is 16. The van der Waals surface area contributed by atoms with Gasteiger partial charge in [-0.25, -0.2) is 4.79 Å². The third kappa shape index (κ3) is 8.35. The highest BCUT2D eigenvalue weighted by Crippen LogP contribution is 2.30. The SMILES string of the molecule is CCCCCc1c(Cl)c(=O)oc2ccc(SCCCCCCCCCOC=O)cc12. The Balaban J connectivity index is 1.79. The summed E-state index contributed by atoms with van der Waals surface area (Å²) in [5.74, 6) is 1.08. The van der Waals surface area contributed by atoms with Crippen LogP contribution in [0.25, 0.3) is 11.0 Å². The number of fused-ring (bicyclic) bond motifs is 1. The molecule has 0 fully saturated rings. The largest absolute Gasteiger partial charge is 0.468 e. The number of aryl methyl sites for hydroxylation is 1. The van der Waals surface area contributed by atoms with Crippen molar-refractivity contribution in [3.8, 4) is 0 Å². The van der Waals surface area contributed by atoms with E-state index in [4.69, 9.17) is 20.8 Å². The minimum atomic E-state index is -0.438. The molecule has 4 nitrogen and oxygen atoms in total. The van der Waals surface area contributed by atoms with Crippen LogP contribution in [0.5, 0.6) is 0 Å². The van der Waals surface area contributed by atoms with E-state index in [1.807, 2.05) is 23.9 Å². The molecule has 0 saturated carbocycles.